The van der Waals surface area contributed by atoms with Gasteiger partial charge in [0.25, 0.3) is 0 Å². The van der Waals surface area contributed by atoms with Gasteiger partial charge in [-0.25, -0.2) is 0 Å². The van der Waals surface area contributed by atoms with E-state index in [0.717, 1.165) is 18.4 Å². The summed E-state index contributed by atoms with van der Waals surface area (Å²) in [4.78, 5) is 11.7. The first kappa shape index (κ1) is 15.6. The lowest BCUT2D eigenvalue weighted by atomic mass is 9.78. The first-order valence-electron chi connectivity index (χ1n) is 6.94. The van der Waals surface area contributed by atoms with Gasteiger partial charge in [0.2, 0.25) is 5.91 Å². The number of benzene rings is 1. The van der Waals surface area contributed by atoms with Crippen LogP contribution >= 0.6 is 23.2 Å². The number of amides is 1. The smallest absolute Gasteiger partial charge is 0.233 e. The zero-order valence-electron chi connectivity index (χ0n) is 11.6. The molecule has 0 heterocycles. The second-order valence-corrected chi connectivity index (χ2v) is 6.26. The van der Waals surface area contributed by atoms with Gasteiger partial charge in [-0.2, -0.15) is 0 Å². The Labute approximate surface area is 130 Å². The van der Waals surface area contributed by atoms with E-state index in [9.17, 15) is 4.79 Å². The molecule has 5 heteroatoms. The van der Waals surface area contributed by atoms with Crippen molar-refractivity contribution in [3.63, 3.8) is 0 Å². The quantitative estimate of drug-likeness (QED) is 0.876. The molecule has 1 amide bonds. The summed E-state index contributed by atoms with van der Waals surface area (Å²) in [5.41, 5.74) is 1.05. The molecule has 3 nitrogen and oxygen atoms in total. The molecule has 0 bridgehead atoms. The summed E-state index contributed by atoms with van der Waals surface area (Å²) in [6.45, 7) is 0.972. The summed E-state index contributed by atoms with van der Waals surface area (Å²) in [7, 11) is 1.76. The van der Waals surface area contributed by atoms with Crippen molar-refractivity contribution in [3.8, 4) is 0 Å². The molecule has 0 aliphatic heterocycles. The SMILES string of the molecule is CNCC(=O)NCC1(c2ccc(Cl)cc2Cl)CCCC1. The minimum atomic E-state index is -0.0505. The second-order valence-electron chi connectivity index (χ2n) is 5.42. The Morgan fingerprint density at radius 2 is 2.00 bits per heavy atom. The molecule has 0 atom stereocenters. The van der Waals surface area contributed by atoms with E-state index >= 15 is 0 Å². The van der Waals surface area contributed by atoms with Gasteiger partial charge in [-0.05, 0) is 37.6 Å². The molecule has 0 radical (unpaired) electrons. The molecule has 0 aromatic heterocycles. The topological polar surface area (TPSA) is 41.1 Å². The van der Waals surface area contributed by atoms with E-state index in [1.807, 2.05) is 12.1 Å². The number of hydrogen-bond donors (Lipinski definition) is 2. The molecule has 1 aliphatic rings. The van der Waals surface area contributed by atoms with Crippen LogP contribution in [0.1, 0.15) is 31.2 Å². The fraction of sp³-hybridized carbons (Fsp3) is 0.533. The largest absolute Gasteiger partial charge is 0.354 e. The molecule has 1 aromatic carbocycles. The van der Waals surface area contributed by atoms with Gasteiger partial charge in [-0.15, -0.1) is 0 Å². The number of carbonyl (C=O) groups is 1. The van der Waals surface area contributed by atoms with Crippen LogP contribution in [0.15, 0.2) is 18.2 Å². The monoisotopic (exact) mass is 314 g/mol. The van der Waals surface area contributed by atoms with Gasteiger partial charge in [-0.3, -0.25) is 4.79 Å². The molecule has 0 saturated heterocycles. The van der Waals surface area contributed by atoms with Gasteiger partial charge in [0.1, 0.15) is 0 Å². The standard InChI is InChI=1S/C15H20Cl2N2O/c1-18-9-14(20)19-10-15(6-2-3-7-15)12-5-4-11(16)8-13(12)17/h4-5,8,18H,2-3,6-7,9-10H2,1H3,(H,19,20). The third-order valence-corrected chi connectivity index (χ3v) is 4.57. The summed E-state index contributed by atoms with van der Waals surface area (Å²) in [5.74, 6) is 0.0175. The third kappa shape index (κ3) is 3.46. The fourth-order valence-corrected chi connectivity index (χ4v) is 3.61. The molecule has 20 heavy (non-hydrogen) atoms. The Morgan fingerprint density at radius 3 is 2.60 bits per heavy atom. The molecule has 1 aliphatic carbocycles. The van der Waals surface area contributed by atoms with Crippen molar-refractivity contribution in [1.82, 2.24) is 10.6 Å². The zero-order valence-corrected chi connectivity index (χ0v) is 13.2. The van der Waals surface area contributed by atoms with Crippen molar-refractivity contribution in [2.45, 2.75) is 31.1 Å². The average Bonchev–Trinajstić information content (AvgIpc) is 2.86. The van der Waals surface area contributed by atoms with Crippen LogP contribution in [0.2, 0.25) is 10.0 Å². The van der Waals surface area contributed by atoms with Crippen molar-refractivity contribution >= 4 is 29.1 Å². The van der Waals surface area contributed by atoms with Crippen molar-refractivity contribution in [2.75, 3.05) is 20.1 Å². The summed E-state index contributed by atoms with van der Waals surface area (Å²) >= 11 is 12.3. The number of halogens is 2. The molecule has 1 fully saturated rings. The van der Waals surface area contributed by atoms with Gasteiger partial charge in [-0.1, -0.05) is 42.1 Å². The van der Waals surface area contributed by atoms with Gasteiger partial charge in [0, 0.05) is 22.0 Å². The van der Waals surface area contributed by atoms with Gasteiger partial charge < -0.3 is 10.6 Å². The van der Waals surface area contributed by atoms with Gasteiger partial charge in [0.05, 0.1) is 6.54 Å². The Bertz CT molecular complexity index is 485. The van der Waals surface area contributed by atoms with E-state index in [0.29, 0.717) is 23.1 Å². The van der Waals surface area contributed by atoms with Crippen molar-refractivity contribution in [1.29, 1.82) is 0 Å². The predicted octanol–water partition coefficient (Wildman–Crippen LogP) is 3.14. The van der Waals surface area contributed by atoms with Crippen LogP contribution in [-0.4, -0.2) is 26.0 Å². The Morgan fingerprint density at radius 1 is 1.30 bits per heavy atom. The summed E-state index contributed by atoms with van der Waals surface area (Å²) in [5, 5.41) is 7.21. The highest BCUT2D eigenvalue weighted by Crippen LogP contribution is 2.43. The fourth-order valence-electron chi connectivity index (χ4n) is 3.00. The molecule has 0 unspecified atom stereocenters. The number of rotatable bonds is 5. The van der Waals surface area contributed by atoms with Crippen LogP contribution in [-0.2, 0) is 10.2 Å². The van der Waals surface area contributed by atoms with Gasteiger partial charge >= 0.3 is 0 Å². The molecule has 1 saturated carbocycles. The summed E-state index contributed by atoms with van der Waals surface area (Å²) < 4.78 is 0. The number of carbonyl (C=O) groups excluding carboxylic acids is 1. The zero-order chi connectivity index (χ0) is 14.6. The van der Waals surface area contributed by atoms with Crippen LogP contribution < -0.4 is 10.6 Å². The second kappa shape index (κ2) is 6.79. The van der Waals surface area contributed by atoms with Crippen LogP contribution in [0.4, 0.5) is 0 Å². The lowest BCUT2D eigenvalue weighted by molar-refractivity contribution is -0.120. The molecule has 1 aromatic rings. The van der Waals surface area contributed by atoms with E-state index in [-0.39, 0.29) is 11.3 Å². The lowest BCUT2D eigenvalue weighted by Gasteiger charge is -2.31. The summed E-state index contributed by atoms with van der Waals surface area (Å²) in [6.07, 6.45) is 4.43. The normalized spacial score (nSPS) is 17.1. The highest BCUT2D eigenvalue weighted by molar-refractivity contribution is 6.35. The number of nitrogens with one attached hydrogen (secondary N) is 2. The molecule has 0 spiro atoms. The minimum Gasteiger partial charge on any atom is -0.354 e. The highest BCUT2D eigenvalue weighted by atomic mass is 35.5. The first-order chi connectivity index (χ1) is 9.57. The summed E-state index contributed by atoms with van der Waals surface area (Å²) in [6, 6.07) is 5.66. The van der Waals surface area contributed by atoms with E-state index in [1.165, 1.54) is 12.8 Å². The van der Waals surface area contributed by atoms with Crippen LogP contribution in [0.25, 0.3) is 0 Å². The minimum absolute atomic E-state index is 0.0175. The Balaban J connectivity index is 2.19. The van der Waals surface area contributed by atoms with E-state index < -0.39 is 0 Å². The molecule has 2 rings (SSSR count). The number of likely N-dealkylation sites (N-methyl/N-ethyl adjacent to an activating group) is 1. The molecular weight excluding hydrogens is 295 g/mol. The lowest BCUT2D eigenvalue weighted by Crippen LogP contribution is -2.42. The third-order valence-electron chi connectivity index (χ3n) is 4.02. The van der Waals surface area contributed by atoms with E-state index in [2.05, 4.69) is 10.6 Å². The predicted molar refractivity (Wildman–Crippen MR) is 83.5 cm³/mol. The maximum Gasteiger partial charge on any atom is 0.233 e. The van der Waals surface area contributed by atoms with E-state index in [4.69, 9.17) is 23.2 Å². The maximum atomic E-state index is 11.7. The van der Waals surface area contributed by atoms with Crippen LogP contribution in [0.5, 0.6) is 0 Å². The van der Waals surface area contributed by atoms with Crippen molar-refractivity contribution in [2.24, 2.45) is 0 Å². The molecular formula is C15H20Cl2N2O. The van der Waals surface area contributed by atoms with Crippen molar-refractivity contribution in [3.05, 3.63) is 33.8 Å². The highest BCUT2D eigenvalue weighted by Gasteiger charge is 2.37. The molecule has 110 valence electrons. The first-order valence-corrected chi connectivity index (χ1v) is 7.70. The maximum absolute atomic E-state index is 11.7. The average molecular weight is 315 g/mol. The number of hydrogen-bond acceptors (Lipinski definition) is 2. The van der Waals surface area contributed by atoms with Crippen LogP contribution in [0, 0.1) is 0 Å². The Kier molecular flexibility index (Phi) is 5.30. The molecule has 2 N–H and O–H groups in total. The van der Waals surface area contributed by atoms with E-state index in [1.54, 1.807) is 13.1 Å². The van der Waals surface area contributed by atoms with Crippen molar-refractivity contribution < 1.29 is 4.79 Å². The van der Waals surface area contributed by atoms with Crippen LogP contribution in [0.3, 0.4) is 0 Å². The Hall–Kier alpha value is -0.770. The van der Waals surface area contributed by atoms with Gasteiger partial charge in [0.15, 0.2) is 0 Å².